The van der Waals surface area contributed by atoms with Crippen LogP contribution in [0.25, 0.3) is 11.3 Å². The molecule has 8 heteroatoms. The average Bonchev–Trinajstić information content (AvgIpc) is 3.02. The molecule has 1 atom stereocenters. The molecular formula is C15H14ClFN4O2. The Labute approximate surface area is 137 Å². The van der Waals surface area contributed by atoms with Crippen LogP contribution in [0.1, 0.15) is 6.42 Å². The number of nitrogens with two attached hydrogens (primary N) is 1. The Morgan fingerprint density at radius 1 is 1.35 bits per heavy atom. The highest BCUT2D eigenvalue weighted by molar-refractivity contribution is 6.30. The second-order valence-electron chi connectivity index (χ2n) is 4.97. The third kappa shape index (κ3) is 3.75. The average molecular weight is 337 g/mol. The zero-order chi connectivity index (χ0) is 16.2. The smallest absolute Gasteiger partial charge is 0.212 e. The minimum absolute atomic E-state index is 0.202. The van der Waals surface area contributed by atoms with Gasteiger partial charge >= 0.3 is 0 Å². The highest BCUT2D eigenvalue weighted by Gasteiger charge is 2.21. The van der Waals surface area contributed by atoms with E-state index in [4.69, 9.17) is 26.9 Å². The molecule has 2 N–H and O–H groups in total. The molecule has 1 unspecified atom stereocenters. The van der Waals surface area contributed by atoms with Crippen LogP contribution in [0.2, 0.25) is 5.02 Å². The van der Waals surface area contributed by atoms with Gasteiger partial charge in [-0.05, 0) is 12.1 Å². The Bertz CT molecular complexity index is 724. The fourth-order valence-electron chi connectivity index (χ4n) is 2.14. The standard InChI is InChI=1S/C15H14ClFN4O2/c16-10-3-13(22-8-12-4-11(5-18)21-23-12)15(20-7-10)9-1-2-14(17)19-6-9/h1-3,6-7,12H,4-5,8,18H2. The van der Waals surface area contributed by atoms with Crippen LogP contribution in [0.5, 0.6) is 5.75 Å². The third-order valence-electron chi connectivity index (χ3n) is 3.27. The zero-order valence-electron chi connectivity index (χ0n) is 12.1. The summed E-state index contributed by atoms with van der Waals surface area (Å²) in [6.45, 7) is 0.637. The SMILES string of the molecule is NCC1=NOC(COc2cc(Cl)cnc2-c2ccc(F)nc2)C1. The summed E-state index contributed by atoms with van der Waals surface area (Å²) in [5, 5.41) is 4.31. The van der Waals surface area contributed by atoms with Gasteiger partial charge in [0.15, 0.2) is 6.10 Å². The van der Waals surface area contributed by atoms with Gasteiger partial charge in [0.2, 0.25) is 5.95 Å². The summed E-state index contributed by atoms with van der Waals surface area (Å²) in [6, 6.07) is 4.48. The molecule has 0 spiro atoms. The number of pyridine rings is 2. The van der Waals surface area contributed by atoms with Crippen LogP contribution < -0.4 is 10.5 Å². The lowest BCUT2D eigenvalue weighted by molar-refractivity contribution is 0.0471. The summed E-state index contributed by atoms with van der Waals surface area (Å²) in [7, 11) is 0. The molecule has 6 nitrogen and oxygen atoms in total. The minimum atomic E-state index is -0.559. The van der Waals surface area contributed by atoms with Crippen molar-refractivity contribution >= 4 is 17.3 Å². The second kappa shape index (κ2) is 6.89. The van der Waals surface area contributed by atoms with Gasteiger partial charge in [0.1, 0.15) is 18.1 Å². The lowest BCUT2D eigenvalue weighted by Crippen LogP contribution is -2.20. The van der Waals surface area contributed by atoms with E-state index in [0.29, 0.717) is 35.0 Å². The number of aromatic nitrogens is 2. The van der Waals surface area contributed by atoms with Gasteiger partial charge in [0.05, 0.1) is 10.7 Å². The van der Waals surface area contributed by atoms with E-state index in [1.54, 1.807) is 12.1 Å². The quantitative estimate of drug-likeness (QED) is 0.848. The van der Waals surface area contributed by atoms with Crippen molar-refractivity contribution in [3.8, 4) is 17.0 Å². The van der Waals surface area contributed by atoms with Crippen molar-refractivity contribution in [2.45, 2.75) is 12.5 Å². The van der Waals surface area contributed by atoms with Crippen LogP contribution in [0.3, 0.4) is 0 Å². The van der Waals surface area contributed by atoms with Crippen LogP contribution in [0.4, 0.5) is 4.39 Å². The van der Waals surface area contributed by atoms with Crippen LogP contribution in [-0.2, 0) is 4.84 Å². The number of hydrogen-bond acceptors (Lipinski definition) is 6. The number of nitrogens with zero attached hydrogens (tertiary/aromatic N) is 3. The van der Waals surface area contributed by atoms with Crippen LogP contribution >= 0.6 is 11.6 Å². The van der Waals surface area contributed by atoms with E-state index in [1.165, 1.54) is 18.5 Å². The van der Waals surface area contributed by atoms with Crippen LogP contribution in [0.15, 0.2) is 35.7 Å². The molecule has 0 radical (unpaired) electrons. The Morgan fingerprint density at radius 2 is 2.22 bits per heavy atom. The lowest BCUT2D eigenvalue weighted by atomic mass is 10.1. The molecule has 0 saturated heterocycles. The van der Waals surface area contributed by atoms with E-state index in [0.717, 1.165) is 5.71 Å². The monoisotopic (exact) mass is 336 g/mol. The van der Waals surface area contributed by atoms with E-state index in [1.807, 2.05) is 0 Å². The predicted octanol–water partition coefficient (Wildman–Crippen LogP) is 2.42. The molecule has 23 heavy (non-hydrogen) atoms. The summed E-state index contributed by atoms with van der Waals surface area (Å²) in [5.74, 6) is -0.0910. The Kier molecular flexibility index (Phi) is 4.68. The fourth-order valence-corrected chi connectivity index (χ4v) is 2.29. The molecular weight excluding hydrogens is 323 g/mol. The van der Waals surface area contributed by atoms with Gasteiger partial charge in [-0.2, -0.15) is 4.39 Å². The molecule has 0 aromatic carbocycles. The summed E-state index contributed by atoms with van der Waals surface area (Å²) < 4.78 is 18.7. The number of oxime groups is 1. The topological polar surface area (TPSA) is 82.6 Å². The summed E-state index contributed by atoms with van der Waals surface area (Å²) in [5.41, 5.74) is 7.47. The molecule has 0 bridgehead atoms. The van der Waals surface area contributed by atoms with Crippen LogP contribution in [0, 0.1) is 5.95 Å². The fraction of sp³-hybridized carbons (Fsp3) is 0.267. The van der Waals surface area contributed by atoms with Gasteiger partial charge in [-0.25, -0.2) is 4.98 Å². The molecule has 2 aromatic rings. The molecule has 0 aliphatic carbocycles. The summed E-state index contributed by atoms with van der Waals surface area (Å²) in [6.07, 6.45) is 3.30. The molecule has 2 aromatic heterocycles. The first-order valence-corrected chi connectivity index (χ1v) is 7.35. The number of ether oxygens (including phenoxy) is 1. The molecule has 3 rings (SSSR count). The van der Waals surface area contributed by atoms with Gasteiger partial charge in [0, 0.05) is 37.0 Å². The molecule has 120 valence electrons. The van der Waals surface area contributed by atoms with Gasteiger partial charge in [-0.15, -0.1) is 0 Å². The largest absolute Gasteiger partial charge is 0.487 e. The van der Waals surface area contributed by atoms with E-state index in [2.05, 4.69) is 15.1 Å². The highest BCUT2D eigenvalue weighted by atomic mass is 35.5. The Morgan fingerprint density at radius 3 is 2.91 bits per heavy atom. The van der Waals surface area contributed by atoms with Crippen LogP contribution in [-0.4, -0.2) is 34.9 Å². The van der Waals surface area contributed by atoms with E-state index >= 15 is 0 Å². The van der Waals surface area contributed by atoms with Crippen molar-refractivity contribution in [3.05, 3.63) is 41.6 Å². The molecule has 1 aliphatic heterocycles. The molecule has 1 aliphatic rings. The maximum Gasteiger partial charge on any atom is 0.212 e. The number of rotatable bonds is 5. The number of hydrogen-bond donors (Lipinski definition) is 1. The highest BCUT2D eigenvalue weighted by Crippen LogP contribution is 2.30. The van der Waals surface area contributed by atoms with E-state index in [-0.39, 0.29) is 12.7 Å². The van der Waals surface area contributed by atoms with Crippen molar-refractivity contribution in [3.63, 3.8) is 0 Å². The predicted molar refractivity (Wildman–Crippen MR) is 83.9 cm³/mol. The molecule has 0 saturated carbocycles. The first-order chi connectivity index (χ1) is 11.2. The van der Waals surface area contributed by atoms with Crippen molar-refractivity contribution in [2.24, 2.45) is 10.9 Å². The summed E-state index contributed by atoms with van der Waals surface area (Å²) in [4.78, 5) is 13.1. The molecule has 3 heterocycles. The van der Waals surface area contributed by atoms with Crippen molar-refractivity contribution in [1.29, 1.82) is 0 Å². The van der Waals surface area contributed by atoms with Crippen molar-refractivity contribution in [2.75, 3.05) is 13.2 Å². The van der Waals surface area contributed by atoms with Gasteiger partial charge in [-0.3, -0.25) is 4.98 Å². The van der Waals surface area contributed by atoms with E-state index in [9.17, 15) is 4.39 Å². The molecule has 0 fully saturated rings. The maximum atomic E-state index is 13.0. The van der Waals surface area contributed by atoms with E-state index < -0.39 is 5.95 Å². The van der Waals surface area contributed by atoms with Gasteiger partial charge < -0.3 is 15.3 Å². The molecule has 0 amide bonds. The number of halogens is 2. The lowest BCUT2D eigenvalue weighted by Gasteiger charge is -2.13. The van der Waals surface area contributed by atoms with Gasteiger partial charge in [0.25, 0.3) is 0 Å². The Balaban J connectivity index is 1.76. The van der Waals surface area contributed by atoms with Gasteiger partial charge in [-0.1, -0.05) is 16.8 Å². The maximum absolute atomic E-state index is 13.0. The minimum Gasteiger partial charge on any atom is -0.487 e. The summed E-state index contributed by atoms with van der Waals surface area (Å²) >= 11 is 5.98. The van der Waals surface area contributed by atoms with Crippen molar-refractivity contribution < 1.29 is 14.0 Å². The normalized spacial score (nSPS) is 16.8. The first kappa shape index (κ1) is 15.6. The third-order valence-corrected chi connectivity index (χ3v) is 3.48. The first-order valence-electron chi connectivity index (χ1n) is 6.97. The Hall–Kier alpha value is -2.25. The zero-order valence-corrected chi connectivity index (χ0v) is 12.8. The second-order valence-corrected chi connectivity index (χ2v) is 5.41. The van der Waals surface area contributed by atoms with Crippen molar-refractivity contribution in [1.82, 2.24) is 9.97 Å².